The average Bonchev–Trinajstić information content (AvgIpc) is 3.34. The van der Waals surface area contributed by atoms with Crippen LogP contribution in [0, 0.1) is 11.2 Å². The summed E-state index contributed by atoms with van der Waals surface area (Å²) in [6.45, 7) is 5.88. The van der Waals surface area contributed by atoms with Crippen molar-refractivity contribution in [2.75, 3.05) is 31.1 Å². The maximum absolute atomic E-state index is 13.8. The van der Waals surface area contributed by atoms with Crippen LogP contribution >= 0.6 is 0 Å². The van der Waals surface area contributed by atoms with E-state index in [1.54, 1.807) is 12.3 Å². The lowest BCUT2D eigenvalue weighted by atomic mass is 9.87. The smallest absolute Gasteiger partial charge is 0.188 e. The summed E-state index contributed by atoms with van der Waals surface area (Å²) >= 11 is 0. The van der Waals surface area contributed by atoms with Gasteiger partial charge in [-0.3, -0.25) is 0 Å². The Morgan fingerprint density at radius 2 is 2.25 bits per heavy atom. The molecular formula is C21H27FN4O2. The molecule has 2 N–H and O–H groups in total. The summed E-state index contributed by atoms with van der Waals surface area (Å²) in [4.78, 5) is 10.9. The molecule has 1 spiro atoms. The van der Waals surface area contributed by atoms with E-state index in [1.165, 1.54) is 24.9 Å². The zero-order valence-corrected chi connectivity index (χ0v) is 16.2. The largest absolute Gasteiger partial charge is 0.452 e. The topological polar surface area (TPSA) is 70.5 Å². The fourth-order valence-electron chi connectivity index (χ4n) is 4.20. The Bertz CT molecular complexity index is 826. The second-order valence-corrected chi connectivity index (χ2v) is 7.93. The van der Waals surface area contributed by atoms with Gasteiger partial charge >= 0.3 is 0 Å². The summed E-state index contributed by atoms with van der Waals surface area (Å²) in [5.41, 5.74) is 0.955. The number of aliphatic hydroxyl groups is 1. The first-order valence-electron chi connectivity index (χ1n) is 9.98. The maximum atomic E-state index is 13.8. The number of nitrogens with one attached hydrogen (secondary N) is 1. The van der Waals surface area contributed by atoms with E-state index >= 15 is 0 Å². The van der Waals surface area contributed by atoms with Gasteiger partial charge in [-0.05, 0) is 44.0 Å². The van der Waals surface area contributed by atoms with Crippen LogP contribution in [0.1, 0.15) is 31.7 Å². The minimum atomic E-state index is -0.538. The molecule has 0 amide bonds. The normalized spacial score (nSPS) is 22.8. The third kappa shape index (κ3) is 3.95. The molecule has 2 aliphatic rings. The molecule has 1 aromatic carbocycles. The Balaban J connectivity index is 1.58. The molecule has 28 heavy (non-hydrogen) atoms. The third-order valence-electron chi connectivity index (χ3n) is 5.90. The van der Waals surface area contributed by atoms with Crippen molar-refractivity contribution in [1.29, 1.82) is 0 Å². The first-order chi connectivity index (χ1) is 13.6. The van der Waals surface area contributed by atoms with Crippen molar-refractivity contribution in [3.05, 3.63) is 42.1 Å². The molecule has 2 aromatic rings. The van der Waals surface area contributed by atoms with Gasteiger partial charge in [-0.25, -0.2) is 14.4 Å². The summed E-state index contributed by atoms with van der Waals surface area (Å²) in [5.74, 6) is 1.52. The average molecular weight is 386 g/mol. The molecule has 0 saturated carbocycles. The Morgan fingerprint density at radius 3 is 3.04 bits per heavy atom. The van der Waals surface area contributed by atoms with E-state index in [-0.39, 0.29) is 5.82 Å². The molecule has 2 aliphatic heterocycles. The van der Waals surface area contributed by atoms with Gasteiger partial charge in [0.1, 0.15) is 17.9 Å². The summed E-state index contributed by atoms with van der Waals surface area (Å²) in [6.07, 6.45) is 5.90. The Kier molecular flexibility index (Phi) is 5.46. The van der Waals surface area contributed by atoms with Crippen LogP contribution in [0.3, 0.4) is 0 Å². The highest BCUT2D eigenvalue weighted by Crippen LogP contribution is 2.41. The summed E-state index contributed by atoms with van der Waals surface area (Å²) in [5, 5.41) is 13.5. The molecule has 6 nitrogen and oxygen atoms in total. The first kappa shape index (κ1) is 19.1. The first-order valence-corrected chi connectivity index (χ1v) is 9.98. The number of rotatable bonds is 6. The number of benzene rings is 1. The van der Waals surface area contributed by atoms with Crippen LogP contribution in [-0.4, -0.2) is 47.4 Å². The lowest BCUT2D eigenvalue weighted by Crippen LogP contribution is -2.29. The molecule has 2 saturated heterocycles. The predicted octanol–water partition coefficient (Wildman–Crippen LogP) is 2.91. The molecular weight excluding hydrogens is 359 g/mol. The Morgan fingerprint density at radius 1 is 1.36 bits per heavy atom. The predicted molar refractivity (Wildman–Crippen MR) is 105 cm³/mol. The van der Waals surface area contributed by atoms with Gasteiger partial charge in [-0.2, -0.15) is 0 Å². The highest BCUT2D eigenvalue weighted by Gasteiger charge is 2.41. The number of nitrogens with zero attached hydrogens (tertiary/aromatic N) is 3. The van der Waals surface area contributed by atoms with Gasteiger partial charge in [0.15, 0.2) is 11.6 Å². The van der Waals surface area contributed by atoms with E-state index < -0.39 is 6.10 Å². The number of hydrogen-bond acceptors (Lipinski definition) is 6. The van der Waals surface area contributed by atoms with Gasteiger partial charge in [0, 0.05) is 37.0 Å². The standard InChI is InChI=1S/C21H27FN4O2/c1-2-17(27)10-15-9-16(22)3-4-18(15)28-19-11-24-14-25-20(19)26-8-6-21(13-26)5-7-23-12-21/h3-4,9,11,14,17,23,27H,2,5-8,10,12-13H2,1H3. The van der Waals surface area contributed by atoms with Crippen LogP contribution < -0.4 is 15.0 Å². The molecule has 7 heteroatoms. The quantitative estimate of drug-likeness (QED) is 0.796. The number of ether oxygens (including phenoxy) is 1. The minimum Gasteiger partial charge on any atom is -0.452 e. The third-order valence-corrected chi connectivity index (χ3v) is 5.90. The van der Waals surface area contributed by atoms with Gasteiger partial charge in [0.05, 0.1) is 12.3 Å². The molecule has 0 aliphatic carbocycles. The Hall–Kier alpha value is -2.25. The van der Waals surface area contributed by atoms with Crippen LogP contribution in [0.5, 0.6) is 11.5 Å². The second-order valence-electron chi connectivity index (χ2n) is 7.93. The number of aromatic nitrogens is 2. The van der Waals surface area contributed by atoms with E-state index in [9.17, 15) is 9.50 Å². The fraction of sp³-hybridized carbons (Fsp3) is 0.524. The van der Waals surface area contributed by atoms with Gasteiger partial charge in [-0.15, -0.1) is 0 Å². The maximum Gasteiger partial charge on any atom is 0.188 e. The highest BCUT2D eigenvalue weighted by molar-refractivity contribution is 5.54. The summed E-state index contributed by atoms with van der Waals surface area (Å²) in [6, 6.07) is 4.40. The molecule has 0 bridgehead atoms. The van der Waals surface area contributed by atoms with E-state index in [1.807, 2.05) is 6.92 Å². The van der Waals surface area contributed by atoms with Crippen molar-refractivity contribution >= 4 is 5.82 Å². The van der Waals surface area contributed by atoms with Gasteiger partial charge < -0.3 is 20.1 Å². The van der Waals surface area contributed by atoms with Gasteiger partial charge in [0.25, 0.3) is 0 Å². The van der Waals surface area contributed by atoms with Crippen molar-refractivity contribution in [3.63, 3.8) is 0 Å². The van der Waals surface area contributed by atoms with E-state index in [2.05, 4.69) is 20.2 Å². The van der Waals surface area contributed by atoms with Crippen LogP contribution in [0.25, 0.3) is 0 Å². The number of halogens is 1. The fourth-order valence-corrected chi connectivity index (χ4v) is 4.20. The molecule has 4 rings (SSSR count). The van der Waals surface area contributed by atoms with Crippen molar-refractivity contribution in [2.45, 2.75) is 38.7 Å². The molecule has 2 fully saturated rings. The molecule has 1 aromatic heterocycles. The molecule has 150 valence electrons. The van der Waals surface area contributed by atoms with Gasteiger partial charge in [0.2, 0.25) is 0 Å². The van der Waals surface area contributed by atoms with Crippen LogP contribution in [0.15, 0.2) is 30.7 Å². The second kappa shape index (κ2) is 8.01. The van der Waals surface area contributed by atoms with E-state index in [0.29, 0.717) is 35.3 Å². The van der Waals surface area contributed by atoms with E-state index in [4.69, 9.17) is 4.74 Å². The molecule has 2 unspecified atom stereocenters. The van der Waals surface area contributed by atoms with Crippen molar-refractivity contribution in [2.24, 2.45) is 5.41 Å². The summed E-state index contributed by atoms with van der Waals surface area (Å²) < 4.78 is 19.9. The van der Waals surface area contributed by atoms with Crippen LogP contribution in [0.2, 0.25) is 0 Å². The van der Waals surface area contributed by atoms with Crippen molar-refractivity contribution < 1.29 is 14.2 Å². The molecule has 2 atom stereocenters. The number of anilines is 1. The highest BCUT2D eigenvalue weighted by atomic mass is 19.1. The number of hydrogen-bond donors (Lipinski definition) is 2. The van der Waals surface area contributed by atoms with Gasteiger partial charge in [-0.1, -0.05) is 6.92 Å². The minimum absolute atomic E-state index is 0.314. The van der Waals surface area contributed by atoms with E-state index in [0.717, 1.165) is 38.4 Å². The molecule has 3 heterocycles. The SMILES string of the molecule is CCC(O)Cc1cc(F)ccc1Oc1cncnc1N1CCC2(CCNC2)C1. The summed E-state index contributed by atoms with van der Waals surface area (Å²) in [7, 11) is 0. The zero-order valence-electron chi connectivity index (χ0n) is 16.2. The van der Waals surface area contributed by atoms with Crippen molar-refractivity contribution in [3.8, 4) is 11.5 Å². The zero-order chi connectivity index (χ0) is 19.6. The lowest BCUT2D eigenvalue weighted by Gasteiger charge is -2.24. The Labute approximate surface area is 164 Å². The monoisotopic (exact) mass is 386 g/mol. The number of aliphatic hydroxyl groups excluding tert-OH is 1. The van der Waals surface area contributed by atoms with Crippen molar-refractivity contribution in [1.82, 2.24) is 15.3 Å². The molecule has 0 radical (unpaired) electrons. The lowest BCUT2D eigenvalue weighted by molar-refractivity contribution is 0.170. The van der Waals surface area contributed by atoms with Crippen LogP contribution in [-0.2, 0) is 6.42 Å². The van der Waals surface area contributed by atoms with Crippen LogP contribution in [0.4, 0.5) is 10.2 Å².